The second-order valence-electron chi connectivity index (χ2n) is 6.53. The summed E-state index contributed by atoms with van der Waals surface area (Å²) in [5, 5.41) is 0. The number of carbonyl (C=O) groups is 1. The van der Waals surface area contributed by atoms with E-state index in [9.17, 15) is 4.79 Å². The molecule has 1 aliphatic heterocycles. The topological polar surface area (TPSA) is 41.9 Å². The summed E-state index contributed by atoms with van der Waals surface area (Å²) in [5.41, 5.74) is 2.86. The van der Waals surface area contributed by atoms with Crippen molar-refractivity contribution in [2.24, 2.45) is 4.99 Å². The van der Waals surface area contributed by atoms with Gasteiger partial charge in [0, 0.05) is 13.0 Å². The Morgan fingerprint density at radius 1 is 1.24 bits per heavy atom. The lowest BCUT2D eigenvalue weighted by molar-refractivity contribution is 0.0383. The van der Waals surface area contributed by atoms with Crippen LogP contribution in [0.1, 0.15) is 44.7 Å². The largest absolute Gasteiger partial charge is 0.443 e. The van der Waals surface area contributed by atoms with Crippen LogP contribution in [-0.2, 0) is 4.74 Å². The highest BCUT2D eigenvalue weighted by molar-refractivity contribution is 5.98. The smallest absolute Gasteiger partial charge is 0.415 e. The van der Waals surface area contributed by atoms with E-state index in [1.165, 1.54) is 11.1 Å². The lowest BCUT2D eigenvalue weighted by Crippen LogP contribution is -2.37. The average molecular weight is 288 g/mol. The number of aliphatic imine (C=N–C) groups is 1. The maximum atomic E-state index is 12.2. The van der Waals surface area contributed by atoms with E-state index in [0.717, 1.165) is 24.4 Å². The highest BCUT2D eigenvalue weighted by Gasteiger charge is 2.29. The number of benzene rings is 1. The molecule has 2 rings (SSSR count). The number of amides is 1. The minimum atomic E-state index is -0.481. The summed E-state index contributed by atoms with van der Waals surface area (Å²) < 4.78 is 5.44. The lowest BCUT2D eigenvalue weighted by atomic mass is 10.1. The predicted molar refractivity (Wildman–Crippen MR) is 85.2 cm³/mol. The van der Waals surface area contributed by atoms with Crippen LogP contribution >= 0.6 is 0 Å². The third kappa shape index (κ3) is 4.06. The maximum Gasteiger partial charge on any atom is 0.415 e. The van der Waals surface area contributed by atoms with Crippen molar-refractivity contribution in [1.82, 2.24) is 4.90 Å². The summed E-state index contributed by atoms with van der Waals surface area (Å²) in [6.07, 6.45) is 1.44. The molecule has 0 bridgehead atoms. The molecule has 1 saturated heterocycles. The Labute approximate surface area is 126 Å². The third-order valence-corrected chi connectivity index (χ3v) is 3.46. The van der Waals surface area contributed by atoms with Gasteiger partial charge in [0.1, 0.15) is 11.4 Å². The maximum absolute atomic E-state index is 12.2. The van der Waals surface area contributed by atoms with Crippen LogP contribution < -0.4 is 0 Å². The molecule has 1 aromatic carbocycles. The van der Waals surface area contributed by atoms with E-state index < -0.39 is 5.60 Å². The van der Waals surface area contributed by atoms with Gasteiger partial charge in [-0.3, -0.25) is 4.90 Å². The molecule has 1 fully saturated rings. The zero-order valence-electron chi connectivity index (χ0n) is 13.6. The van der Waals surface area contributed by atoms with E-state index in [-0.39, 0.29) is 6.09 Å². The molecule has 4 heteroatoms. The average Bonchev–Trinajstić information content (AvgIpc) is 2.80. The summed E-state index contributed by atoms with van der Waals surface area (Å²) in [6.45, 7) is 10.5. The lowest BCUT2D eigenvalue weighted by Gasteiger charge is -2.24. The fourth-order valence-corrected chi connectivity index (χ4v) is 2.23. The van der Waals surface area contributed by atoms with Gasteiger partial charge >= 0.3 is 6.09 Å². The zero-order valence-corrected chi connectivity index (χ0v) is 13.6. The molecule has 114 valence electrons. The fourth-order valence-electron chi connectivity index (χ4n) is 2.23. The van der Waals surface area contributed by atoms with Crippen molar-refractivity contribution in [3.8, 4) is 0 Å². The van der Waals surface area contributed by atoms with Gasteiger partial charge in [-0.15, -0.1) is 0 Å². The number of rotatable bonds is 1. The van der Waals surface area contributed by atoms with Crippen LogP contribution in [-0.4, -0.2) is 29.0 Å². The van der Waals surface area contributed by atoms with Crippen LogP contribution in [0.15, 0.2) is 23.2 Å². The molecule has 1 aromatic rings. The number of carbonyl (C=O) groups excluding carboxylic acids is 1. The summed E-state index contributed by atoms with van der Waals surface area (Å²) in [5.74, 6) is 0.799. The molecule has 1 amide bonds. The van der Waals surface area contributed by atoms with Gasteiger partial charge in [0.15, 0.2) is 0 Å². The second kappa shape index (κ2) is 5.88. The predicted octanol–water partition coefficient (Wildman–Crippen LogP) is 4.36. The van der Waals surface area contributed by atoms with Gasteiger partial charge in [0.2, 0.25) is 0 Å². The molecule has 4 nitrogen and oxygen atoms in total. The first kappa shape index (κ1) is 15.5. The summed E-state index contributed by atoms with van der Waals surface area (Å²) in [7, 11) is 0. The van der Waals surface area contributed by atoms with Crippen LogP contribution in [0.3, 0.4) is 0 Å². The monoisotopic (exact) mass is 288 g/mol. The van der Waals surface area contributed by atoms with Crippen molar-refractivity contribution in [1.29, 1.82) is 0 Å². The molecular weight excluding hydrogens is 264 g/mol. The highest BCUT2D eigenvalue weighted by atomic mass is 16.6. The van der Waals surface area contributed by atoms with Crippen LogP contribution in [0.4, 0.5) is 10.5 Å². The van der Waals surface area contributed by atoms with Crippen LogP contribution in [0, 0.1) is 13.8 Å². The van der Waals surface area contributed by atoms with Crippen LogP contribution in [0.5, 0.6) is 0 Å². The van der Waals surface area contributed by atoms with E-state index >= 15 is 0 Å². The molecule has 0 unspecified atom stereocenters. The summed E-state index contributed by atoms with van der Waals surface area (Å²) >= 11 is 0. The van der Waals surface area contributed by atoms with Gasteiger partial charge in [-0.05, 0) is 64.3 Å². The number of nitrogens with zero attached hydrogens (tertiary/aromatic N) is 2. The normalized spacial score (nSPS) is 17.4. The van der Waals surface area contributed by atoms with E-state index in [0.29, 0.717) is 6.54 Å². The quantitative estimate of drug-likeness (QED) is 0.770. The zero-order chi connectivity index (χ0) is 15.6. The molecule has 1 aliphatic rings. The first-order valence-electron chi connectivity index (χ1n) is 7.41. The van der Waals surface area contributed by atoms with Gasteiger partial charge in [-0.1, -0.05) is 6.07 Å². The van der Waals surface area contributed by atoms with Gasteiger partial charge in [-0.2, -0.15) is 0 Å². The number of likely N-dealkylation sites (tertiary alicyclic amines) is 1. The molecule has 21 heavy (non-hydrogen) atoms. The Balaban J connectivity index is 2.19. The Morgan fingerprint density at radius 2 is 1.95 bits per heavy atom. The molecular formula is C17H24N2O2. The standard InChI is InChI=1S/C17H24N2O2/c1-12-8-9-14(11-13(12)2)18-15-7-6-10-19(15)16(20)21-17(3,4)5/h8-9,11H,6-7,10H2,1-5H3/b18-15+. The Kier molecular flexibility index (Phi) is 4.35. The first-order chi connectivity index (χ1) is 9.76. The van der Waals surface area contributed by atoms with E-state index in [4.69, 9.17) is 4.74 Å². The van der Waals surface area contributed by atoms with Gasteiger partial charge in [0.05, 0.1) is 5.69 Å². The molecule has 0 radical (unpaired) electrons. The second-order valence-corrected chi connectivity index (χ2v) is 6.53. The Hall–Kier alpha value is -1.84. The molecule has 0 aliphatic carbocycles. The number of amidine groups is 1. The minimum Gasteiger partial charge on any atom is -0.443 e. The highest BCUT2D eigenvalue weighted by Crippen LogP contribution is 2.22. The van der Waals surface area contributed by atoms with Gasteiger partial charge in [-0.25, -0.2) is 9.79 Å². The Bertz CT molecular complexity index is 571. The van der Waals surface area contributed by atoms with Gasteiger partial charge < -0.3 is 4.74 Å². The molecule has 1 heterocycles. The van der Waals surface area contributed by atoms with Crippen LogP contribution in [0.25, 0.3) is 0 Å². The van der Waals surface area contributed by atoms with E-state index in [1.54, 1.807) is 4.90 Å². The summed E-state index contributed by atoms with van der Waals surface area (Å²) in [4.78, 5) is 18.5. The van der Waals surface area contributed by atoms with Crippen molar-refractivity contribution in [2.45, 2.75) is 53.1 Å². The van der Waals surface area contributed by atoms with Crippen molar-refractivity contribution in [2.75, 3.05) is 6.54 Å². The van der Waals surface area contributed by atoms with Crippen molar-refractivity contribution < 1.29 is 9.53 Å². The number of hydrogen-bond acceptors (Lipinski definition) is 3. The number of hydrogen-bond donors (Lipinski definition) is 0. The van der Waals surface area contributed by atoms with Gasteiger partial charge in [0.25, 0.3) is 0 Å². The summed E-state index contributed by atoms with van der Waals surface area (Å²) in [6, 6.07) is 6.09. The van der Waals surface area contributed by atoms with E-state index in [1.807, 2.05) is 32.9 Å². The number of ether oxygens (including phenoxy) is 1. The Morgan fingerprint density at radius 3 is 2.57 bits per heavy atom. The van der Waals surface area contributed by atoms with E-state index in [2.05, 4.69) is 24.9 Å². The van der Waals surface area contributed by atoms with Crippen molar-refractivity contribution in [3.05, 3.63) is 29.3 Å². The van der Waals surface area contributed by atoms with Crippen molar-refractivity contribution in [3.63, 3.8) is 0 Å². The third-order valence-electron chi connectivity index (χ3n) is 3.46. The molecule has 0 saturated carbocycles. The number of aryl methyl sites for hydroxylation is 2. The molecule has 0 aromatic heterocycles. The minimum absolute atomic E-state index is 0.303. The molecule has 0 spiro atoms. The van der Waals surface area contributed by atoms with Crippen LogP contribution in [0.2, 0.25) is 0 Å². The first-order valence-corrected chi connectivity index (χ1v) is 7.41. The molecule has 0 N–H and O–H groups in total. The van der Waals surface area contributed by atoms with Crippen molar-refractivity contribution >= 4 is 17.6 Å². The molecule has 0 atom stereocenters. The SMILES string of the molecule is Cc1ccc(/N=C2\CCCN2C(=O)OC(C)(C)C)cc1C. The fraction of sp³-hybridized carbons (Fsp3) is 0.529.